The number of thiocarbonyl (C=S) groups is 1. The normalized spacial score (nSPS) is 32.0. The van der Waals surface area contributed by atoms with Gasteiger partial charge in [-0.25, -0.2) is 0 Å². The highest BCUT2D eigenvalue weighted by atomic mass is 32.1. The summed E-state index contributed by atoms with van der Waals surface area (Å²) in [6.07, 6.45) is 7.81. The van der Waals surface area contributed by atoms with Gasteiger partial charge in [0, 0.05) is 11.6 Å². The van der Waals surface area contributed by atoms with E-state index >= 15 is 0 Å². The van der Waals surface area contributed by atoms with Gasteiger partial charge in [-0.1, -0.05) is 13.0 Å². The zero-order valence-corrected chi connectivity index (χ0v) is 17.1. The summed E-state index contributed by atoms with van der Waals surface area (Å²) < 4.78 is 5.82. The molecule has 1 aromatic carbocycles. The first-order valence-corrected chi connectivity index (χ1v) is 10.8. The predicted octanol–water partition coefficient (Wildman–Crippen LogP) is 4.29. The van der Waals surface area contributed by atoms with E-state index < -0.39 is 0 Å². The molecule has 4 bridgehead atoms. The first-order chi connectivity index (χ1) is 13.0. The molecule has 0 heterocycles. The Kier molecular flexibility index (Phi) is 5.40. The van der Waals surface area contributed by atoms with E-state index in [1.807, 2.05) is 19.1 Å². The average molecular weight is 387 g/mol. The van der Waals surface area contributed by atoms with Crippen LogP contribution in [0.4, 0.5) is 0 Å². The van der Waals surface area contributed by atoms with Gasteiger partial charge in [-0.05, 0) is 99.5 Å². The Hall–Kier alpha value is -1.62. The third-order valence-electron chi connectivity index (χ3n) is 6.76. The third-order valence-corrected chi connectivity index (χ3v) is 6.98. The molecule has 1 atom stereocenters. The molecular weight excluding hydrogens is 356 g/mol. The van der Waals surface area contributed by atoms with Crippen LogP contribution < -0.4 is 15.4 Å². The van der Waals surface area contributed by atoms with Gasteiger partial charge in [0.1, 0.15) is 5.75 Å². The lowest BCUT2D eigenvalue weighted by Crippen LogP contribution is -2.57. The number of benzene rings is 1. The molecule has 0 unspecified atom stereocenters. The van der Waals surface area contributed by atoms with Crippen LogP contribution in [0.3, 0.4) is 0 Å². The van der Waals surface area contributed by atoms with Crippen molar-refractivity contribution in [2.75, 3.05) is 0 Å². The van der Waals surface area contributed by atoms with Gasteiger partial charge in [0.2, 0.25) is 0 Å². The Morgan fingerprint density at radius 2 is 1.85 bits per heavy atom. The molecule has 0 aliphatic heterocycles. The number of rotatable bonds is 5. The van der Waals surface area contributed by atoms with Crippen LogP contribution in [0, 0.1) is 23.7 Å². The molecular formula is C22H30N2O2S. The van der Waals surface area contributed by atoms with Crippen molar-refractivity contribution in [3.63, 3.8) is 0 Å². The largest absolute Gasteiger partial charge is 0.491 e. The van der Waals surface area contributed by atoms with Crippen LogP contribution in [-0.2, 0) is 0 Å². The molecule has 0 aromatic heterocycles. The van der Waals surface area contributed by atoms with E-state index in [-0.39, 0.29) is 12.0 Å². The third kappa shape index (κ3) is 4.13. The van der Waals surface area contributed by atoms with Crippen molar-refractivity contribution in [1.29, 1.82) is 0 Å². The van der Waals surface area contributed by atoms with Crippen LogP contribution in [0.25, 0.3) is 0 Å². The van der Waals surface area contributed by atoms with E-state index in [1.54, 1.807) is 12.1 Å². The number of nitrogens with one attached hydrogen (secondary N) is 2. The maximum absolute atomic E-state index is 12.6. The Balaban J connectivity index is 1.34. The molecule has 4 nitrogen and oxygen atoms in total. The minimum atomic E-state index is -0.175. The summed E-state index contributed by atoms with van der Waals surface area (Å²) in [4.78, 5) is 12.6. The zero-order chi connectivity index (χ0) is 19.0. The fraction of sp³-hybridized carbons (Fsp3) is 0.636. The monoisotopic (exact) mass is 386 g/mol. The second-order valence-corrected chi connectivity index (χ2v) is 9.16. The first-order valence-electron chi connectivity index (χ1n) is 10.4. The van der Waals surface area contributed by atoms with E-state index in [1.165, 1.54) is 32.1 Å². The summed E-state index contributed by atoms with van der Waals surface area (Å²) in [5, 5.41) is 6.83. The minimum absolute atomic E-state index is 0.128. The second-order valence-electron chi connectivity index (χ2n) is 8.75. The summed E-state index contributed by atoms with van der Waals surface area (Å²) in [7, 11) is 0. The van der Waals surface area contributed by atoms with E-state index in [9.17, 15) is 4.79 Å². The summed E-state index contributed by atoms with van der Waals surface area (Å²) in [6, 6.07) is 7.75. The van der Waals surface area contributed by atoms with Crippen LogP contribution >= 0.6 is 12.2 Å². The summed E-state index contributed by atoms with van der Waals surface area (Å²) >= 11 is 5.48. The van der Waals surface area contributed by atoms with E-state index in [4.69, 9.17) is 17.0 Å². The molecule has 0 spiro atoms. The van der Waals surface area contributed by atoms with Gasteiger partial charge in [-0.2, -0.15) is 0 Å². The lowest BCUT2D eigenvalue weighted by atomic mass is 9.54. The van der Waals surface area contributed by atoms with Crippen molar-refractivity contribution in [3.05, 3.63) is 29.8 Å². The topological polar surface area (TPSA) is 50.4 Å². The van der Waals surface area contributed by atoms with Gasteiger partial charge in [0.25, 0.3) is 5.91 Å². The highest BCUT2D eigenvalue weighted by Gasteiger charge is 2.48. The molecule has 1 amide bonds. The highest BCUT2D eigenvalue weighted by Crippen LogP contribution is 2.53. The average Bonchev–Trinajstić information content (AvgIpc) is 2.64. The lowest BCUT2D eigenvalue weighted by Gasteiger charge is -2.54. The predicted molar refractivity (Wildman–Crippen MR) is 111 cm³/mol. The molecule has 4 aliphatic rings. The quantitative estimate of drug-likeness (QED) is 0.741. The Labute approximate surface area is 167 Å². The van der Waals surface area contributed by atoms with Crippen molar-refractivity contribution in [2.45, 2.75) is 64.5 Å². The van der Waals surface area contributed by atoms with E-state index in [0.29, 0.717) is 16.7 Å². The summed E-state index contributed by atoms with van der Waals surface area (Å²) in [5.41, 5.74) is 0.574. The number of hydrogen-bond donors (Lipinski definition) is 2. The van der Waals surface area contributed by atoms with Crippen molar-refractivity contribution in [1.82, 2.24) is 10.6 Å². The van der Waals surface area contributed by atoms with Crippen molar-refractivity contribution in [3.8, 4) is 5.75 Å². The van der Waals surface area contributed by atoms with Crippen molar-refractivity contribution in [2.24, 2.45) is 23.7 Å². The minimum Gasteiger partial charge on any atom is -0.491 e. The smallest absolute Gasteiger partial charge is 0.257 e. The zero-order valence-electron chi connectivity index (χ0n) is 16.2. The number of carbonyl (C=O) groups excluding carboxylic acids is 1. The molecule has 4 saturated carbocycles. The number of amides is 1. The molecule has 0 saturated heterocycles. The van der Waals surface area contributed by atoms with E-state index in [0.717, 1.165) is 35.8 Å². The van der Waals surface area contributed by atoms with Gasteiger partial charge in [-0.15, -0.1) is 0 Å². The van der Waals surface area contributed by atoms with Crippen LogP contribution in [0.15, 0.2) is 24.3 Å². The first kappa shape index (κ1) is 18.7. The molecule has 2 N–H and O–H groups in total. The molecule has 4 fully saturated rings. The lowest BCUT2D eigenvalue weighted by molar-refractivity contribution is -0.00692. The highest BCUT2D eigenvalue weighted by molar-refractivity contribution is 7.80. The Morgan fingerprint density at radius 3 is 2.48 bits per heavy atom. The maximum atomic E-state index is 12.6. The van der Waals surface area contributed by atoms with Gasteiger partial charge >= 0.3 is 0 Å². The molecule has 0 radical (unpaired) electrons. The molecule has 4 aliphatic carbocycles. The van der Waals surface area contributed by atoms with Gasteiger partial charge in [0.15, 0.2) is 5.11 Å². The van der Waals surface area contributed by atoms with E-state index in [2.05, 4.69) is 17.6 Å². The fourth-order valence-electron chi connectivity index (χ4n) is 5.55. The molecule has 1 aromatic rings. The van der Waals surface area contributed by atoms with Crippen LogP contribution in [-0.4, -0.2) is 23.2 Å². The van der Waals surface area contributed by atoms with Gasteiger partial charge in [-0.3, -0.25) is 10.1 Å². The SMILES string of the molecule is CC[C@@H](C)Oc1cccc(C(=O)NC(=S)NC2C3CC4CC(C3)CC2C4)c1. The maximum Gasteiger partial charge on any atom is 0.257 e. The molecule has 5 rings (SSSR count). The standard InChI is InChI=1S/C22H30N2O2S/c1-3-13(2)26-19-6-4-5-16(12-19)21(25)24-22(27)23-20-17-8-14-7-15(10-17)11-18(20)9-14/h4-6,12-15,17-18,20H,3,7-11H2,1-2H3,(H2,23,24,25,27)/t13-,14?,15?,17?,18?,20?/m1/s1. The molecule has 5 heteroatoms. The van der Waals surface area contributed by atoms with Crippen molar-refractivity contribution >= 4 is 23.2 Å². The number of carbonyl (C=O) groups is 1. The second kappa shape index (κ2) is 7.78. The van der Waals surface area contributed by atoms with Gasteiger partial charge < -0.3 is 10.1 Å². The summed E-state index contributed by atoms with van der Waals surface area (Å²) in [6.45, 7) is 4.10. The number of ether oxygens (including phenoxy) is 1. The molecule has 27 heavy (non-hydrogen) atoms. The van der Waals surface area contributed by atoms with Crippen molar-refractivity contribution < 1.29 is 9.53 Å². The Bertz CT molecular complexity index is 692. The Morgan fingerprint density at radius 1 is 1.19 bits per heavy atom. The van der Waals surface area contributed by atoms with Crippen LogP contribution in [0.2, 0.25) is 0 Å². The van der Waals surface area contributed by atoms with Crippen LogP contribution in [0.1, 0.15) is 62.7 Å². The molecule has 146 valence electrons. The summed E-state index contributed by atoms with van der Waals surface area (Å²) in [5.74, 6) is 3.86. The fourth-order valence-corrected chi connectivity index (χ4v) is 5.78. The van der Waals surface area contributed by atoms with Gasteiger partial charge in [0.05, 0.1) is 6.10 Å². The van der Waals surface area contributed by atoms with Crippen LogP contribution in [0.5, 0.6) is 5.75 Å². The number of hydrogen-bond acceptors (Lipinski definition) is 3.